The average Bonchev–Trinajstić information content (AvgIpc) is 2.34. The van der Waals surface area contributed by atoms with Crippen LogP contribution in [-0.2, 0) is 4.74 Å². The lowest BCUT2D eigenvalue weighted by atomic mass is 10.1. The van der Waals surface area contributed by atoms with Gasteiger partial charge in [0.05, 0.1) is 18.8 Å². The minimum absolute atomic E-state index is 0.102. The van der Waals surface area contributed by atoms with E-state index in [-0.39, 0.29) is 19.3 Å². The molecule has 0 radical (unpaired) electrons. The lowest BCUT2D eigenvalue weighted by Gasteiger charge is -2.14. The highest BCUT2D eigenvalue weighted by atomic mass is 16.5. The molecule has 1 aromatic rings. The largest absolute Gasteiger partial charge is 0.491 e. The van der Waals surface area contributed by atoms with E-state index in [1.165, 1.54) is 0 Å². The molecule has 1 unspecified atom stereocenters. The SMILES string of the molecule is CC(C)OCC(O)COc1ccc([C@@H](C)O)cc1. The Kier molecular flexibility index (Phi) is 6.12. The van der Waals surface area contributed by atoms with E-state index in [0.717, 1.165) is 5.56 Å². The molecular weight excluding hydrogens is 232 g/mol. The van der Waals surface area contributed by atoms with E-state index in [4.69, 9.17) is 9.47 Å². The molecule has 0 aromatic heterocycles. The maximum Gasteiger partial charge on any atom is 0.119 e. The van der Waals surface area contributed by atoms with Crippen molar-refractivity contribution in [2.24, 2.45) is 0 Å². The van der Waals surface area contributed by atoms with Gasteiger partial charge in [-0.2, -0.15) is 0 Å². The maximum absolute atomic E-state index is 9.61. The number of hydrogen-bond acceptors (Lipinski definition) is 4. The summed E-state index contributed by atoms with van der Waals surface area (Å²) in [6.45, 7) is 6.01. The second-order valence-electron chi connectivity index (χ2n) is 4.59. The fourth-order valence-corrected chi connectivity index (χ4v) is 1.39. The van der Waals surface area contributed by atoms with Gasteiger partial charge in [-0.1, -0.05) is 12.1 Å². The lowest BCUT2D eigenvalue weighted by molar-refractivity contribution is -0.0122. The Morgan fingerprint density at radius 3 is 2.11 bits per heavy atom. The zero-order valence-electron chi connectivity index (χ0n) is 11.2. The van der Waals surface area contributed by atoms with Crippen molar-refractivity contribution in [2.75, 3.05) is 13.2 Å². The molecule has 0 fully saturated rings. The molecule has 4 heteroatoms. The van der Waals surface area contributed by atoms with Gasteiger partial charge in [-0.3, -0.25) is 0 Å². The van der Waals surface area contributed by atoms with Gasteiger partial charge in [0, 0.05) is 0 Å². The van der Waals surface area contributed by atoms with Crippen LogP contribution in [0.3, 0.4) is 0 Å². The van der Waals surface area contributed by atoms with Crippen molar-refractivity contribution in [2.45, 2.75) is 39.1 Å². The molecule has 2 N–H and O–H groups in total. The Bertz CT molecular complexity index is 332. The monoisotopic (exact) mass is 254 g/mol. The van der Waals surface area contributed by atoms with E-state index in [1.54, 1.807) is 31.2 Å². The average molecular weight is 254 g/mol. The molecule has 0 aliphatic carbocycles. The van der Waals surface area contributed by atoms with Crippen molar-refractivity contribution in [3.63, 3.8) is 0 Å². The smallest absolute Gasteiger partial charge is 0.119 e. The Morgan fingerprint density at radius 2 is 1.61 bits per heavy atom. The van der Waals surface area contributed by atoms with Crippen LogP contribution < -0.4 is 4.74 Å². The van der Waals surface area contributed by atoms with Gasteiger partial charge >= 0.3 is 0 Å². The standard InChI is InChI=1S/C14H22O4/c1-10(2)17-8-13(16)9-18-14-6-4-12(5-7-14)11(3)15/h4-7,10-11,13,15-16H,8-9H2,1-3H3/t11-,13?/m1/s1. The molecule has 4 nitrogen and oxygen atoms in total. The fraction of sp³-hybridized carbons (Fsp3) is 0.571. The minimum Gasteiger partial charge on any atom is -0.491 e. The Balaban J connectivity index is 2.34. The summed E-state index contributed by atoms with van der Waals surface area (Å²) in [7, 11) is 0. The number of rotatable bonds is 7. The van der Waals surface area contributed by atoms with Crippen LogP contribution in [-0.4, -0.2) is 35.6 Å². The summed E-state index contributed by atoms with van der Waals surface area (Å²) in [5.74, 6) is 0.669. The second kappa shape index (κ2) is 7.36. The van der Waals surface area contributed by atoms with Gasteiger partial charge in [-0.05, 0) is 38.5 Å². The third-order valence-corrected chi connectivity index (χ3v) is 2.43. The Morgan fingerprint density at radius 1 is 1.00 bits per heavy atom. The van der Waals surface area contributed by atoms with Gasteiger partial charge in [-0.15, -0.1) is 0 Å². The van der Waals surface area contributed by atoms with Crippen LogP contribution in [0.1, 0.15) is 32.4 Å². The highest BCUT2D eigenvalue weighted by Gasteiger charge is 2.07. The molecule has 0 bridgehead atoms. The molecule has 0 amide bonds. The molecule has 0 saturated heterocycles. The number of aliphatic hydroxyl groups is 2. The van der Waals surface area contributed by atoms with Crippen molar-refractivity contribution in [3.05, 3.63) is 29.8 Å². The van der Waals surface area contributed by atoms with Crippen molar-refractivity contribution in [1.29, 1.82) is 0 Å². The molecule has 0 heterocycles. The van der Waals surface area contributed by atoms with Crippen LogP contribution in [0.2, 0.25) is 0 Å². The zero-order valence-corrected chi connectivity index (χ0v) is 11.2. The summed E-state index contributed by atoms with van der Waals surface area (Å²) < 4.78 is 10.7. The molecule has 0 spiro atoms. The first-order valence-corrected chi connectivity index (χ1v) is 6.19. The van der Waals surface area contributed by atoms with E-state index >= 15 is 0 Å². The molecule has 2 atom stereocenters. The van der Waals surface area contributed by atoms with Gasteiger partial charge in [0.25, 0.3) is 0 Å². The molecule has 0 saturated carbocycles. The molecule has 0 aliphatic rings. The van der Waals surface area contributed by atoms with Crippen LogP contribution in [0.4, 0.5) is 0 Å². The zero-order chi connectivity index (χ0) is 13.5. The van der Waals surface area contributed by atoms with E-state index in [9.17, 15) is 10.2 Å². The van der Waals surface area contributed by atoms with Gasteiger partial charge < -0.3 is 19.7 Å². The predicted molar refractivity (Wildman–Crippen MR) is 69.7 cm³/mol. The van der Waals surface area contributed by atoms with E-state index in [2.05, 4.69) is 0 Å². The van der Waals surface area contributed by atoms with E-state index < -0.39 is 12.2 Å². The first-order valence-electron chi connectivity index (χ1n) is 6.19. The molecule has 18 heavy (non-hydrogen) atoms. The number of aliphatic hydroxyl groups excluding tert-OH is 2. The van der Waals surface area contributed by atoms with Gasteiger partial charge in [0.1, 0.15) is 18.5 Å². The molecule has 102 valence electrons. The maximum atomic E-state index is 9.61. The summed E-state index contributed by atoms with van der Waals surface area (Å²) >= 11 is 0. The number of ether oxygens (including phenoxy) is 2. The number of benzene rings is 1. The predicted octanol–water partition coefficient (Wildman–Crippen LogP) is 1.90. The van der Waals surface area contributed by atoms with E-state index in [1.807, 2.05) is 13.8 Å². The summed E-state index contributed by atoms with van der Waals surface area (Å²) in [6.07, 6.45) is -1.02. The van der Waals surface area contributed by atoms with Crippen LogP contribution in [0.5, 0.6) is 5.75 Å². The van der Waals surface area contributed by atoms with Gasteiger partial charge in [-0.25, -0.2) is 0 Å². The highest BCUT2D eigenvalue weighted by Crippen LogP contribution is 2.17. The summed E-state index contributed by atoms with van der Waals surface area (Å²) in [4.78, 5) is 0. The van der Waals surface area contributed by atoms with Crippen molar-refractivity contribution in [1.82, 2.24) is 0 Å². The number of hydrogen-bond donors (Lipinski definition) is 2. The molecule has 1 rings (SSSR count). The third-order valence-electron chi connectivity index (χ3n) is 2.43. The summed E-state index contributed by atoms with van der Waals surface area (Å²) in [5.41, 5.74) is 0.839. The minimum atomic E-state index is -0.635. The normalized spacial score (nSPS) is 14.6. The first-order chi connectivity index (χ1) is 8.49. The van der Waals surface area contributed by atoms with E-state index in [0.29, 0.717) is 5.75 Å². The van der Waals surface area contributed by atoms with Crippen LogP contribution in [0, 0.1) is 0 Å². The van der Waals surface area contributed by atoms with Gasteiger partial charge in [0.2, 0.25) is 0 Å². The third kappa shape index (κ3) is 5.49. The lowest BCUT2D eigenvalue weighted by Crippen LogP contribution is -2.25. The fourth-order valence-electron chi connectivity index (χ4n) is 1.39. The van der Waals surface area contributed by atoms with Gasteiger partial charge in [0.15, 0.2) is 0 Å². The second-order valence-corrected chi connectivity index (χ2v) is 4.59. The van der Waals surface area contributed by atoms with Crippen LogP contribution >= 0.6 is 0 Å². The van der Waals surface area contributed by atoms with Crippen LogP contribution in [0.25, 0.3) is 0 Å². The summed E-state index contributed by atoms with van der Waals surface area (Å²) in [6, 6.07) is 7.16. The Labute approximate surface area is 108 Å². The summed E-state index contributed by atoms with van der Waals surface area (Å²) in [5, 5.41) is 19.0. The molecule has 0 aliphatic heterocycles. The Hall–Kier alpha value is -1.10. The van der Waals surface area contributed by atoms with Crippen molar-refractivity contribution in [3.8, 4) is 5.75 Å². The van der Waals surface area contributed by atoms with Crippen molar-refractivity contribution >= 4 is 0 Å². The highest BCUT2D eigenvalue weighted by molar-refractivity contribution is 5.28. The first kappa shape index (κ1) is 15.0. The van der Waals surface area contributed by atoms with Crippen molar-refractivity contribution < 1.29 is 19.7 Å². The topological polar surface area (TPSA) is 58.9 Å². The van der Waals surface area contributed by atoms with Crippen LogP contribution in [0.15, 0.2) is 24.3 Å². The molecule has 1 aromatic carbocycles. The quantitative estimate of drug-likeness (QED) is 0.780. The molecular formula is C14H22O4.